The van der Waals surface area contributed by atoms with E-state index >= 15 is 0 Å². The van der Waals surface area contributed by atoms with Crippen LogP contribution in [0.2, 0.25) is 0 Å². The molecule has 0 bridgehead atoms. The Bertz CT molecular complexity index is 1200. The van der Waals surface area contributed by atoms with E-state index in [1.54, 1.807) is 7.11 Å². The molecule has 4 aromatic rings. The molecule has 1 fully saturated rings. The number of rotatable bonds is 4. The SMILES string of the molecule is COc1cccc([C@H]2OC(=O)N[C@@H]2c2cccc(-c3cnc4cc[nH]c4c3)c2)c1. The molecule has 6 heteroatoms. The van der Waals surface area contributed by atoms with Crippen LogP contribution in [0.5, 0.6) is 5.75 Å². The van der Waals surface area contributed by atoms with E-state index in [4.69, 9.17) is 9.47 Å². The predicted octanol–water partition coefficient (Wildman–Crippen LogP) is 4.76. The van der Waals surface area contributed by atoms with Gasteiger partial charge in [-0.1, -0.05) is 30.3 Å². The number of amides is 1. The zero-order chi connectivity index (χ0) is 19.8. The van der Waals surface area contributed by atoms with E-state index in [9.17, 15) is 4.79 Å². The third kappa shape index (κ3) is 3.18. The number of nitrogens with one attached hydrogen (secondary N) is 2. The summed E-state index contributed by atoms with van der Waals surface area (Å²) < 4.78 is 10.9. The summed E-state index contributed by atoms with van der Waals surface area (Å²) >= 11 is 0. The lowest BCUT2D eigenvalue weighted by Crippen LogP contribution is -2.19. The number of pyridine rings is 1. The molecule has 2 atom stereocenters. The van der Waals surface area contributed by atoms with Gasteiger partial charge in [0.1, 0.15) is 5.75 Å². The topological polar surface area (TPSA) is 76.2 Å². The average Bonchev–Trinajstić information content (AvgIpc) is 3.39. The summed E-state index contributed by atoms with van der Waals surface area (Å²) in [5.41, 5.74) is 5.79. The second-order valence-electron chi connectivity index (χ2n) is 6.98. The highest BCUT2D eigenvalue weighted by molar-refractivity contribution is 5.81. The molecular formula is C23H19N3O3. The van der Waals surface area contributed by atoms with Crippen molar-refractivity contribution in [2.24, 2.45) is 0 Å². The van der Waals surface area contributed by atoms with E-state index in [0.29, 0.717) is 0 Å². The standard InChI is InChI=1S/C23H19N3O3/c1-28-18-7-3-6-16(11-18)22-21(26-23(27)29-22)15-5-2-4-14(10-15)17-12-20-19(25-13-17)8-9-24-20/h2-13,21-22,24H,1H3,(H,26,27)/t21-,22-/m1/s1. The number of alkyl carbamates (subject to hydrolysis) is 1. The number of aromatic amines is 1. The molecule has 6 nitrogen and oxygen atoms in total. The molecule has 2 N–H and O–H groups in total. The Morgan fingerprint density at radius 1 is 1.00 bits per heavy atom. The first-order valence-electron chi connectivity index (χ1n) is 9.36. The minimum Gasteiger partial charge on any atom is -0.497 e. The van der Waals surface area contributed by atoms with Crippen LogP contribution in [0, 0.1) is 0 Å². The third-order valence-electron chi connectivity index (χ3n) is 5.21. The van der Waals surface area contributed by atoms with Gasteiger partial charge >= 0.3 is 6.09 Å². The van der Waals surface area contributed by atoms with Crippen LogP contribution in [0.3, 0.4) is 0 Å². The summed E-state index contributed by atoms with van der Waals surface area (Å²) in [5, 5.41) is 2.94. The molecule has 0 saturated carbocycles. The van der Waals surface area contributed by atoms with Gasteiger partial charge in [0.05, 0.1) is 24.2 Å². The summed E-state index contributed by atoms with van der Waals surface area (Å²) in [6.45, 7) is 0. The van der Waals surface area contributed by atoms with E-state index in [1.165, 1.54) is 0 Å². The van der Waals surface area contributed by atoms with Crippen LogP contribution in [0.4, 0.5) is 4.79 Å². The maximum absolute atomic E-state index is 12.1. The number of carbonyl (C=O) groups is 1. The van der Waals surface area contributed by atoms with Crippen molar-refractivity contribution in [1.29, 1.82) is 0 Å². The molecule has 1 saturated heterocycles. The lowest BCUT2D eigenvalue weighted by atomic mass is 9.94. The zero-order valence-electron chi connectivity index (χ0n) is 15.8. The summed E-state index contributed by atoms with van der Waals surface area (Å²) in [7, 11) is 1.62. The van der Waals surface area contributed by atoms with Gasteiger partial charge in [-0.3, -0.25) is 4.98 Å². The minimum atomic E-state index is -0.433. The van der Waals surface area contributed by atoms with Gasteiger partial charge in [0.15, 0.2) is 6.10 Å². The number of benzene rings is 2. The first kappa shape index (κ1) is 17.3. The Balaban J connectivity index is 1.52. The van der Waals surface area contributed by atoms with Crippen LogP contribution < -0.4 is 10.1 Å². The minimum absolute atomic E-state index is 0.295. The van der Waals surface area contributed by atoms with Gasteiger partial charge in [-0.2, -0.15) is 0 Å². The van der Waals surface area contributed by atoms with Gasteiger partial charge in [0.2, 0.25) is 0 Å². The number of fused-ring (bicyclic) bond motifs is 1. The van der Waals surface area contributed by atoms with E-state index < -0.39 is 12.2 Å². The number of methoxy groups -OCH3 is 1. The summed E-state index contributed by atoms with van der Waals surface area (Å²) in [4.78, 5) is 19.8. The molecule has 29 heavy (non-hydrogen) atoms. The van der Waals surface area contributed by atoms with Crippen molar-refractivity contribution in [3.63, 3.8) is 0 Å². The van der Waals surface area contributed by atoms with Gasteiger partial charge in [-0.05, 0) is 47.0 Å². The van der Waals surface area contributed by atoms with Crippen molar-refractivity contribution >= 4 is 17.1 Å². The van der Waals surface area contributed by atoms with E-state index in [2.05, 4.69) is 27.4 Å². The molecule has 2 aromatic carbocycles. The summed E-state index contributed by atoms with van der Waals surface area (Å²) in [5.74, 6) is 0.725. The molecule has 1 amide bonds. The number of carbonyl (C=O) groups excluding carboxylic acids is 1. The fourth-order valence-electron chi connectivity index (χ4n) is 3.76. The van der Waals surface area contributed by atoms with Gasteiger partial charge < -0.3 is 19.8 Å². The number of cyclic esters (lactones) is 1. The van der Waals surface area contributed by atoms with Crippen molar-refractivity contribution in [1.82, 2.24) is 15.3 Å². The highest BCUT2D eigenvalue weighted by atomic mass is 16.6. The van der Waals surface area contributed by atoms with Crippen LogP contribution in [-0.2, 0) is 4.74 Å². The Morgan fingerprint density at radius 2 is 1.86 bits per heavy atom. The fourth-order valence-corrected chi connectivity index (χ4v) is 3.76. The van der Waals surface area contributed by atoms with Crippen molar-refractivity contribution in [3.05, 3.63) is 84.2 Å². The lowest BCUT2D eigenvalue weighted by molar-refractivity contribution is 0.132. The number of H-pyrrole nitrogens is 1. The second-order valence-corrected chi connectivity index (χ2v) is 6.98. The predicted molar refractivity (Wildman–Crippen MR) is 110 cm³/mol. The fraction of sp³-hybridized carbons (Fsp3) is 0.130. The Kier molecular flexibility index (Phi) is 4.17. The van der Waals surface area contributed by atoms with Crippen molar-refractivity contribution in [3.8, 4) is 16.9 Å². The second kappa shape index (κ2) is 6.98. The summed E-state index contributed by atoms with van der Waals surface area (Å²) in [6.07, 6.45) is 2.88. The van der Waals surface area contributed by atoms with E-state index in [1.807, 2.05) is 60.9 Å². The highest BCUT2D eigenvalue weighted by Gasteiger charge is 2.36. The van der Waals surface area contributed by atoms with Crippen LogP contribution in [0.1, 0.15) is 23.3 Å². The molecule has 144 valence electrons. The van der Waals surface area contributed by atoms with Gasteiger partial charge in [0, 0.05) is 18.0 Å². The molecule has 3 heterocycles. The van der Waals surface area contributed by atoms with Crippen LogP contribution in [0.15, 0.2) is 73.1 Å². The smallest absolute Gasteiger partial charge is 0.408 e. The quantitative estimate of drug-likeness (QED) is 0.531. The number of hydrogen-bond acceptors (Lipinski definition) is 4. The molecule has 1 aliphatic heterocycles. The third-order valence-corrected chi connectivity index (χ3v) is 5.21. The maximum Gasteiger partial charge on any atom is 0.408 e. The molecule has 1 aliphatic rings. The molecule has 5 rings (SSSR count). The normalized spacial score (nSPS) is 18.4. The number of aromatic nitrogens is 2. The average molecular weight is 385 g/mol. The molecule has 0 aliphatic carbocycles. The number of hydrogen-bond donors (Lipinski definition) is 2. The van der Waals surface area contributed by atoms with Crippen molar-refractivity contribution < 1.29 is 14.3 Å². The van der Waals surface area contributed by atoms with Gasteiger partial charge in [0.25, 0.3) is 0 Å². The van der Waals surface area contributed by atoms with Crippen LogP contribution in [-0.4, -0.2) is 23.2 Å². The molecule has 2 aromatic heterocycles. The first-order chi connectivity index (χ1) is 14.2. The van der Waals surface area contributed by atoms with E-state index in [-0.39, 0.29) is 6.04 Å². The number of ether oxygens (including phenoxy) is 2. The molecular weight excluding hydrogens is 366 g/mol. The summed E-state index contributed by atoms with van der Waals surface area (Å²) in [6, 6.07) is 19.4. The van der Waals surface area contributed by atoms with Crippen molar-refractivity contribution in [2.45, 2.75) is 12.1 Å². The monoisotopic (exact) mass is 385 g/mol. The Morgan fingerprint density at radius 3 is 2.76 bits per heavy atom. The lowest BCUT2D eigenvalue weighted by Gasteiger charge is -2.19. The van der Waals surface area contributed by atoms with E-state index in [0.717, 1.165) is 39.0 Å². The maximum atomic E-state index is 12.1. The zero-order valence-corrected chi connectivity index (χ0v) is 15.8. The molecule has 0 unspecified atom stereocenters. The van der Waals surface area contributed by atoms with Gasteiger partial charge in [-0.15, -0.1) is 0 Å². The van der Waals surface area contributed by atoms with Gasteiger partial charge in [-0.25, -0.2) is 4.79 Å². The Hall–Kier alpha value is -3.80. The largest absolute Gasteiger partial charge is 0.497 e. The molecule has 0 spiro atoms. The first-order valence-corrected chi connectivity index (χ1v) is 9.36. The van der Waals surface area contributed by atoms with Crippen molar-refractivity contribution in [2.75, 3.05) is 7.11 Å². The Labute approximate surface area is 167 Å². The van der Waals surface area contributed by atoms with Crippen LogP contribution in [0.25, 0.3) is 22.2 Å². The number of nitrogens with zero attached hydrogens (tertiary/aromatic N) is 1. The molecule has 0 radical (unpaired) electrons. The highest BCUT2D eigenvalue weighted by Crippen LogP contribution is 2.38. The van der Waals surface area contributed by atoms with Crippen LogP contribution >= 0.6 is 0 Å².